The first kappa shape index (κ1) is 133. The van der Waals surface area contributed by atoms with E-state index in [2.05, 4.69) is 203 Å². The number of Topliss-reactive ketones (excluding diaryl/α,β-unsaturated/α-hetero) is 6. The van der Waals surface area contributed by atoms with Gasteiger partial charge >= 0.3 is 0 Å². The van der Waals surface area contributed by atoms with Gasteiger partial charge in [-0.2, -0.15) is 0 Å². The summed E-state index contributed by atoms with van der Waals surface area (Å²) in [6, 6.07) is 43.3. The van der Waals surface area contributed by atoms with Crippen molar-refractivity contribution in [2.75, 3.05) is 0 Å². The fourth-order valence-corrected chi connectivity index (χ4v) is 11.5. The second-order valence-corrected chi connectivity index (χ2v) is 44.5. The Kier molecular flexibility index (Phi) is 61.6. The SMILES string of the molecule is CC.CC.CC.CC.CC.CC.CC.CC.CC(C)(C)C.CC(C)(C)C.CC(C)(C)C(=O)c1ccc2c(c1)C=C(C(C)(C)C)C2.CC(C)(C)C(=O)c1ccc2c(c1)C=C(C(C)(C)C)C2.CC(C)(C)C(=O)c1ccc2c(c1)C=C(C(C)(C)C)C2.CC(C)(C)C(=O)c1ccc2ccccc2n1.CC(C)(C)C(=O)c1ccc2ncccc2c1.CC(C)C.Cn1cccc1C(=O)C(C)(C)C. The molecule has 3 aromatic heterocycles. The highest BCUT2D eigenvalue weighted by atomic mass is 16.1. The number of aryl methyl sites for hydroxylation is 1. The van der Waals surface area contributed by atoms with Crippen LogP contribution in [0.2, 0.25) is 0 Å². The largest absolute Gasteiger partial charge is 0.348 e. The van der Waals surface area contributed by atoms with Crippen molar-refractivity contribution in [1.29, 1.82) is 0 Å². The first-order valence-corrected chi connectivity index (χ1v) is 49.5. The predicted octanol–water partition coefficient (Wildman–Crippen LogP) is 37.9. The highest BCUT2D eigenvalue weighted by Gasteiger charge is 2.32. The van der Waals surface area contributed by atoms with E-state index < -0.39 is 0 Å². The highest BCUT2D eigenvalue weighted by Crippen LogP contribution is 2.41. The second kappa shape index (κ2) is 60.6. The Hall–Kier alpha value is -8.56. The zero-order valence-corrected chi connectivity index (χ0v) is 95.1. The van der Waals surface area contributed by atoms with Crippen LogP contribution in [0.3, 0.4) is 0 Å². The number of nitrogens with zero attached hydrogens (tertiary/aromatic N) is 3. The van der Waals surface area contributed by atoms with E-state index >= 15 is 0 Å². The maximum Gasteiger partial charge on any atom is 0.186 e. The van der Waals surface area contributed by atoms with Gasteiger partial charge in [-0.1, -0.05) is 476 Å². The topological polar surface area (TPSA) is 133 Å². The van der Waals surface area contributed by atoms with E-state index in [-0.39, 0.29) is 83.4 Å². The number of benzene rings is 5. The van der Waals surface area contributed by atoms with Crippen molar-refractivity contribution in [3.63, 3.8) is 0 Å². The fraction of sp³-hybridized carbons (Fsp3) is 0.574. The van der Waals surface area contributed by atoms with Gasteiger partial charge in [-0.15, -0.1) is 0 Å². The number of para-hydroxylation sites is 1. The van der Waals surface area contributed by atoms with Crippen LogP contribution in [-0.2, 0) is 26.3 Å². The Labute approximate surface area is 808 Å². The summed E-state index contributed by atoms with van der Waals surface area (Å²) in [6.45, 7) is 111. The molecule has 131 heavy (non-hydrogen) atoms. The summed E-state index contributed by atoms with van der Waals surface area (Å²) in [4.78, 5) is 81.5. The molecule has 0 bridgehead atoms. The zero-order valence-electron chi connectivity index (χ0n) is 95.1. The number of carbonyl (C=O) groups excluding carboxylic acids is 6. The number of pyridine rings is 2. The highest BCUT2D eigenvalue weighted by molar-refractivity contribution is 6.04. The van der Waals surface area contributed by atoms with Crippen molar-refractivity contribution in [2.45, 2.75) is 393 Å². The molecule has 0 radical (unpaired) electrons. The molecule has 9 nitrogen and oxygen atoms in total. The number of hydrogen-bond donors (Lipinski definition) is 0. The monoisotopic (exact) mass is 1800 g/mol. The van der Waals surface area contributed by atoms with Gasteiger partial charge in [-0.25, -0.2) is 4.98 Å². The minimum Gasteiger partial charge on any atom is -0.348 e. The van der Waals surface area contributed by atoms with Crippen molar-refractivity contribution < 1.29 is 28.8 Å². The van der Waals surface area contributed by atoms with E-state index in [1.807, 2.05) is 344 Å². The van der Waals surface area contributed by atoms with Gasteiger partial charge in [-0.05, 0) is 152 Å². The summed E-state index contributed by atoms with van der Waals surface area (Å²) < 4.78 is 1.85. The molecule has 0 spiro atoms. The number of rotatable bonds is 6. The normalized spacial score (nSPS) is 12.1. The van der Waals surface area contributed by atoms with E-state index in [1.54, 1.807) is 12.3 Å². The third-order valence-electron chi connectivity index (χ3n) is 18.2. The number of ketones is 6. The van der Waals surface area contributed by atoms with Crippen LogP contribution in [0, 0.1) is 65.5 Å². The van der Waals surface area contributed by atoms with Crippen LogP contribution < -0.4 is 0 Å². The third-order valence-corrected chi connectivity index (χ3v) is 18.2. The molecular formula is C122H199N3O6. The minimum absolute atomic E-state index is 0.0817. The van der Waals surface area contributed by atoms with Crippen LogP contribution in [0.5, 0.6) is 0 Å². The minimum atomic E-state index is -0.380. The zero-order chi connectivity index (χ0) is 105. The molecule has 3 aliphatic carbocycles. The molecule has 0 aliphatic heterocycles. The molecule has 0 atom stereocenters. The molecule has 8 aromatic rings. The number of hydrogen-bond acceptors (Lipinski definition) is 8. The van der Waals surface area contributed by atoms with Crippen molar-refractivity contribution in [3.8, 4) is 0 Å². The van der Waals surface area contributed by atoms with Gasteiger partial charge in [0.05, 0.1) is 16.7 Å². The molecule has 5 aromatic carbocycles. The van der Waals surface area contributed by atoms with E-state index in [4.69, 9.17) is 0 Å². The Bertz CT molecular complexity index is 4390. The fourth-order valence-electron chi connectivity index (χ4n) is 11.5. The summed E-state index contributed by atoms with van der Waals surface area (Å²) in [5.41, 5.74) is 18.1. The molecule has 0 saturated carbocycles. The Morgan fingerprint density at radius 1 is 0.290 bits per heavy atom. The van der Waals surface area contributed by atoms with Gasteiger partial charge < -0.3 is 4.57 Å². The van der Waals surface area contributed by atoms with E-state index in [9.17, 15) is 28.8 Å². The summed E-state index contributed by atoms with van der Waals surface area (Å²) >= 11 is 0. The maximum absolute atomic E-state index is 12.3. The van der Waals surface area contributed by atoms with E-state index in [1.165, 1.54) is 50.1 Å². The lowest BCUT2D eigenvalue weighted by atomic mass is 9.85. The average molecular weight is 1800 g/mol. The Morgan fingerprint density at radius 2 is 0.557 bits per heavy atom. The summed E-state index contributed by atoms with van der Waals surface area (Å²) in [7, 11) is 1.89. The standard InChI is InChI=1S/3C18H24O.2C14H15NO.C10H15NO.2C5H12.C4H10.8C2H6/c3*1-17(2,3)15-10-12-7-8-13(9-14(12)11-15)16(19)18(4,5)6;1-14(2,3)13(16)11-6-7-12-10(9-11)5-4-8-15-12;1-14(2,3)13(16)12-9-8-10-6-4-5-7-11(10)15-12;1-10(2,3)9(12)8-6-5-7-11(8)4;2*1-5(2,3)4;1-4(2)3;8*1-2/h3*7-9,11H,10H2,1-6H3;2*4-9H,1-3H3;5-7H,1-4H3;2*1-4H3;4H,1-3H3;8*1-2H3. The van der Waals surface area contributed by atoms with Gasteiger partial charge in [0, 0.05) is 85.0 Å². The first-order valence-electron chi connectivity index (χ1n) is 49.5. The molecule has 3 heterocycles. The smallest absolute Gasteiger partial charge is 0.186 e. The quantitative estimate of drug-likeness (QED) is 0.150. The van der Waals surface area contributed by atoms with Crippen LogP contribution in [0.25, 0.3) is 40.0 Å². The Balaban J connectivity index is -0.000000338. The summed E-state index contributed by atoms with van der Waals surface area (Å²) in [6.07, 6.45) is 13.5. The number of carbonyl (C=O) groups is 6. The van der Waals surface area contributed by atoms with Crippen molar-refractivity contribution >= 4 is 74.7 Å². The van der Waals surface area contributed by atoms with Crippen LogP contribution in [-0.4, -0.2) is 49.2 Å². The lowest BCUT2D eigenvalue weighted by Crippen LogP contribution is -2.22. The first-order chi connectivity index (χ1) is 59.9. The van der Waals surface area contributed by atoms with Gasteiger partial charge in [0.15, 0.2) is 34.7 Å². The lowest BCUT2D eigenvalue weighted by molar-refractivity contribution is 0.0844. The van der Waals surface area contributed by atoms with Crippen molar-refractivity contribution in [2.24, 2.45) is 72.5 Å². The van der Waals surface area contributed by atoms with Crippen LogP contribution in [0.1, 0.15) is 470 Å². The molecule has 0 fully saturated rings. The summed E-state index contributed by atoms with van der Waals surface area (Å²) in [5.74, 6) is 1.92. The molecular weight excluding hydrogens is 1600 g/mol. The van der Waals surface area contributed by atoms with Crippen molar-refractivity contribution in [1.82, 2.24) is 14.5 Å². The predicted molar refractivity (Wildman–Crippen MR) is 586 cm³/mol. The molecule has 0 amide bonds. The molecule has 9 heteroatoms. The Morgan fingerprint density at radius 3 is 0.824 bits per heavy atom. The van der Waals surface area contributed by atoms with Gasteiger partial charge in [0.25, 0.3) is 0 Å². The lowest BCUT2D eigenvalue weighted by Gasteiger charge is -2.20. The number of aromatic nitrogens is 3. The van der Waals surface area contributed by atoms with Crippen LogP contribution in [0.15, 0.2) is 163 Å². The average Bonchev–Trinajstić information content (AvgIpc) is 1.70. The van der Waals surface area contributed by atoms with Gasteiger partial charge in [0.2, 0.25) is 0 Å². The van der Waals surface area contributed by atoms with Crippen LogP contribution >= 0.6 is 0 Å². The third kappa shape index (κ3) is 52.1. The van der Waals surface area contributed by atoms with E-state index in [0.29, 0.717) is 16.5 Å². The van der Waals surface area contributed by atoms with E-state index in [0.717, 1.165) is 74.9 Å². The van der Waals surface area contributed by atoms with Crippen LogP contribution in [0.4, 0.5) is 0 Å². The molecule has 11 rings (SSSR count). The molecule has 0 saturated heterocycles. The maximum atomic E-state index is 12.3. The molecule has 0 N–H and O–H groups in total. The van der Waals surface area contributed by atoms with Crippen molar-refractivity contribution in [3.05, 3.63) is 230 Å². The molecule has 3 aliphatic rings. The molecule has 0 unspecified atom stereocenters. The summed E-state index contributed by atoms with van der Waals surface area (Å²) in [5, 5.41) is 2.07. The van der Waals surface area contributed by atoms with Gasteiger partial charge in [0.1, 0.15) is 5.69 Å². The number of fused-ring (bicyclic) bond motifs is 5. The second-order valence-electron chi connectivity index (χ2n) is 44.5. The number of allylic oxidation sites excluding steroid dienone is 3. The molecule has 738 valence electrons. The van der Waals surface area contributed by atoms with Gasteiger partial charge in [-0.3, -0.25) is 33.8 Å².